The Labute approximate surface area is 128 Å². The van der Waals surface area contributed by atoms with Gasteiger partial charge in [-0.25, -0.2) is 9.97 Å². The highest BCUT2D eigenvalue weighted by molar-refractivity contribution is 9.10. The summed E-state index contributed by atoms with van der Waals surface area (Å²) in [6.07, 6.45) is 1.75. The first kappa shape index (κ1) is 15.1. The summed E-state index contributed by atoms with van der Waals surface area (Å²) < 4.78 is 0.909. The SMILES string of the molecule is Cc1nc(-c2ncccc2Br)nc(C)c1CNC(C)C. The maximum atomic E-state index is 4.60. The Hall–Kier alpha value is -1.33. The fourth-order valence-corrected chi connectivity index (χ4v) is 2.39. The molecule has 0 aliphatic rings. The number of aryl methyl sites for hydroxylation is 2. The Morgan fingerprint density at radius 3 is 2.40 bits per heavy atom. The van der Waals surface area contributed by atoms with Gasteiger partial charge in [0.1, 0.15) is 5.69 Å². The molecule has 2 aromatic heterocycles. The van der Waals surface area contributed by atoms with Gasteiger partial charge >= 0.3 is 0 Å². The van der Waals surface area contributed by atoms with Gasteiger partial charge in [0.15, 0.2) is 5.82 Å². The van der Waals surface area contributed by atoms with Gasteiger partial charge in [-0.15, -0.1) is 0 Å². The van der Waals surface area contributed by atoms with Gasteiger partial charge in [0.2, 0.25) is 0 Å². The molecule has 4 nitrogen and oxygen atoms in total. The van der Waals surface area contributed by atoms with Crippen LogP contribution in [-0.4, -0.2) is 21.0 Å². The monoisotopic (exact) mass is 334 g/mol. The molecule has 2 heterocycles. The second-order valence-electron chi connectivity index (χ2n) is 5.07. The fourth-order valence-electron chi connectivity index (χ4n) is 1.96. The Morgan fingerprint density at radius 2 is 1.85 bits per heavy atom. The van der Waals surface area contributed by atoms with E-state index in [1.54, 1.807) is 6.20 Å². The summed E-state index contributed by atoms with van der Waals surface area (Å²) in [5.74, 6) is 0.667. The Bertz CT molecular complexity index is 588. The topological polar surface area (TPSA) is 50.7 Å². The van der Waals surface area contributed by atoms with Crippen molar-refractivity contribution in [3.63, 3.8) is 0 Å². The number of nitrogens with one attached hydrogen (secondary N) is 1. The van der Waals surface area contributed by atoms with Crippen molar-refractivity contribution in [3.05, 3.63) is 39.8 Å². The predicted molar refractivity (Wildman–Crippen MR) is 84.4 cm³/mol. The van der Waals surface area contributed by atoms with E-state index in [1.807, 2.05) is 26.0 Å². The number of aromatic nitrogens is 3. The average molecular weight is 335 g/mol. The molecule has 0 saturated carbocycles. The van der Waals surface area contributed by atoms with Crippen molar-refractivity contribution in [2.24, 2.45) is 0 Å². The van der Waals surface area contributed by atoms with Gasteiger partial charge in [-0.05, 0) is 41.9 Å². The van der Waals surface area contributed by atoms with E-state index in [9.17, 15) is 0 Å². The Kier molecular flexibility index (Phi) is 4.83. The summed E-state index contributed by atoms with van der Waals surface area (Å²) in [6, 6.07) is 4.28. The van der Waals surface area contributed by atoms with Gasteiger partial charge in [0.05, 0.1) is 0 Å². The van der Waals surface area contributed by atoms with Crippen molar-refractivity contribution in [2.45, 2.75) is 40.3 Å². The lowest BCUT2D eigenvalue weighted by Crippen LogP contribution is -2.23. The molecule has 20 heavy (non-hydrogen) atoms. The van der Waals surface area contributed by atoms with Crippen LogP contribution in [0.4, 0.5) is 0 Å². The van der Waals surface area contributed by atoms with Crippen LogP contribution >= 0.6 is 15.9 Å². The summed E-state index contributed by atoms with van der Waals surface area (Å²) in [5.41, 5.74) is 3.94. The molecule has 106 valence electrons. The number of rotatable bonds is 4. The third kappa shape index (κ3) is 3.41. The minimum Gasteiger partial charge on any atom is -0.310 e. The van der Waals surface area contributed by atoms with Crippen LogP contribution in [0.2, 0.25) is 0 Å². The van der Waals surface area contributed by atoms with E-state index in [-0.39, 0.29) is 0 Å². The molecule has 0 unspecified atom stereocenters. The zero-order chi connectivity index (χ0) is 14.7. The quantitative estimate of drug-likeness (QED) is 0.930. The van der Waals surface area contributed by atoms with Crippen molar-refractivity contribution >= 4 is 15.9 Å². The molecule has 2 rings (SSSR count). The van der Waals surface area contributed by atoms with Crippen LogP contribution in [0.5, 0.6) is 0 Å². The van der Waals surface area contributed by atoms with Crippen LogP contribution < -0.4 is 5.32 Å². The molecule has 1 N–H and O–H groups in total. The normalized spacial score (nSPS) is 11.1. The molecule has 0 amide bonds. The lowest BCUT2D eigenvalue weighted by Gasteiger charge is -2.13. The van der Waals surface area contributed by atoms with Crippen LogP contribution in [-0.2, 0) is 6.54 Å². The van der Waals surface area contributed by atoms with Crippen molar-refractivity contribution in [3.8, 4) is 11.5 Å². The third-order valence-electron chi connectivity index (χ3n) is 3.08. The first-order valence-electron chi connectivity index (χ1n) is 6.67. The fraction of sp³-hybridized carbons (Fsp3) is 0.400. The van der Waals surface area contributed by atoms with Crippen LogP contribution in [0.25, 0.3) is 11.5 Å². The highest BCUT2D eigenvalue weighted by atomic mass is 79.9. The smallest absolute Gasteiger partial charge is 0.179 e. The Balaban J connectivity index is 2.38. The van der Waals surface area contributed by atoms with E-state index in [1.165, 1.54) is 0 Å². The van der Waals surface area contributed by atoms with Gasteiger partial charge < -0.3 is 5.32 Å². The molecule has 0 atom stereocenters. The maximum absolute atomic E-state index is 4.60. The minimum atomic E-state index is 0.443. The molecular weight excluding hydrogens is 316 g/mol. The lowest BCUT2D eigenvalue weighted by molar-refractivity contribution is 0.583. The molecule has 2 aromatic rings. The van der Waals surface area contributed by atoms with E-state index >= 15 is 0 Å². The second-order valence-corrected chi connectivity index (χ2v) is 5.92. The largest absolute Gasteiger partial charge is 0.310 e. The molecule has 0 saturated heterocycles. The molecule has 0 spiro atoms. The van der Waals surface area contributed by atoms with Crippen LogP contribution in [0.15, 0.2) is 22.8 Å². The molecule has 0 aliphatic heterocycles. The number of nitrogens with zero attached hydrogens (tertiary/aromatic N) is 3. The molecule has 0 aromatic carbocycles. The van der Waals surface area contributed by atoms with Crippen molar-refractivity contribution < 1.29 is 0 Å². The van der Waals surface area contributed by atoms with Crippen molar-refractivity contribution in [2.75, 3.05) is 0 Å². The summed E-state index contributed by atoms with van der Waals surface area (Å²) in [6.45, 7) is 9.09. The first-order valence-corrected chi connectivity index (χ1v) is 7.46. The summed E-state index contributed by atoms with van der Waals surface area (Å²) >= 11 is 3.50. The highest BCUT2D eigenvalue weighted by Crippen LogP contribution is 2.24. The minimum absolute atomic E-state index is 0.443. The van der Waals surface area contributed by atoms with Gasteiger partial charge in [-0.3, -0.25) is 4.98 Å². The van der Waals surface area contributed by atoms with Crippen LogP contribution in [0.3, 0.4) is 0 Å². The highest BCUT2D eigenvalue weighted by Gasteiger charge is 2.13. The van der Waals surface area contributed by atoms with Crippen LogP contribution in [0.1, 0.15) is 30.8 Å². The first-order chi connectivity index (χ1) is 9.49. The summed E-state index contributed by atoms with van der Waals surface area (Å²) in [5, 5.41) is 3.41. The zero-order valence-corrected chi connectivity index (χ0v) is 13.8. The molecule has 5 heteroatoms. The van der Waals surface area contributed by atoms with E-state index in [4.69, 9.17) is 0 Å². The van der Waals surface area contributed by atoms with E-state index in [0.717, 1.165) is 33.7 Å². The molecule has 0 fully saturated rings. The third-order valence-corrected chi connectivity index (χ3v) is 3.72. The van der Waals surface area contributed by atoms with E-state index < -0.39 is 0 Å². The van der Waals surface area contributed by atoms with Crippen LogP contribution in [0, 0.1) is 13.8 Å². The van der Waals surface area contributed by atoms with Gasteiger partial charge in [0.25, 0.3) is 0 Å². The van der Waals surface area contributed by atoms with E-state index in [2.05, 4.69) is 50.0 Å². The Morgan fingerprint density at radius 1 is 1.20 bits per heavy atom. The maximum Gasteiger partial charge on any atom is 0.179 e. The van der Waals surface area contributed by atoms with Gasteiger partial charge in [-0.2, -0.15) is 0 Å². The average Bonchev–Trinajstić information content (AvgIpc) is 2.37. The number of hydrogen-bond donors (Lipinski definition) is 1. The number of halogens is 1. The molecule has 0 aliphatic carbocycles. The predicted octanol–water partition coefficient (Wildman–Crippen LogP) is 3.42. The van der Waals surface area contributed by atoms with Gasteiger partial charge in [0, 0.05) is 40.2 Å². The molecule has 0 radical (unpaired) electrons. The summed E-state index contributed by atoms with van der Waals surface area (Å²) in [7, 11) is 0. The molecular formula is C15H19BrN4. The van der Waals surface area contributed by atoms with Crippen molar-refractivity contribution in [1.29, 1.82) is 0 Å². The standard InChI is InChI=1S/C15H19BrN4/c1-9(2)18-8-12-10(3)19-15(20-11(12)4)14-13(16)6-5-7-17-14/h5-7,9,18H,8H2,1-4H3. The van der Waals surface area contributed by atoms with E-state index in [0.29, 0.717) is 11.9 Å². The zero-order valence-electron chi connectivity index (χ0n) is 12.2. The molecule has 0 bridgehead atoms. The number of pyridine rings is 1. The lowest BCUT2D eigenvalue weighted by atomic mass is 10.1. The second kappa shape index (κ2) is 6.41. The van der Waals surface area contributed by atoms with Gasteiger partial charge in [-0.1, -0.05) is 13.8 Å². The number of hydrogen-bond acceptors (Lipinski definition) is 4. The van der Waals surface area contributed by atoms with Crippen molar-refractivity contribution in [1.82, 2.24) is 20.3 Å². The summed E-state index contributed by atoms with van der Waals surface area (Å²) in [4.78, 5) is 13.5.